The summed E-state index contributed by atoms with van der Waals surface area (Å²) >= 11 is 1.71. The summed E-state index contributed by atoms with van der Waals surface area (Å²) in [6, 6.07) is 10.6. The SMILES string of the molecule is N#CCCn1cc(-n2c(-c3cccs3)cc3cnc4[nH]ccc4c32)cn1. The van der Waals surface area contributed by atoms with Crippen LogP contribution in [0.15, 0.2) is 54.4 Å². The Balaban J connectivity index is 1.81. The topological polar surface area (TPSA) is 75.2 Å². The normalized spacial score (nSPS) is 11.3. The minimum absolute atomic E-state index is 0.442. The molecule has 0 saturated carbocycles. The molecule has 1 N–H and O–H groups in total. The van der Waals surface area contributed by atoms with E-state index in [4.69, 9.17) is 5.26 Å². The van der Waals surface area contributed by atoms with Gasteiger partial charge in [0.05, 0.1) is 47.0 Å². The number of nitrogens with one attached hydrogen (secondary N) is 1. The molecule has 7 heteroatoms. The number of aromatic nitrogens is 5. The molecule has 0 aliphatic heterocycles. The van der Waals surface area contributed by atoms with Crippen LogP contribution < -0.4 is 0 Å². The highest BCUT2D eigenvalue weighted by molar-refractivity contribution is 7.13. The number of rotatable bonds is 4. The molecule has 5 aromatic rings. The fourth-order valence-corrected chi connectivity index (χ4v) is 4.06. The zero-order valence-corrected chi connectivity index (χ0v) is 14.6. The molecule has 0 unspecified atom stereocenters. The van der Waals surface area contributed by atoms with Gasteiger partial charge < -0.3 is 9.55 Å². The lowest BCUT2D eigenvalue weighted by Crippen LogP contribution is -1.98. The van der Waals surface area contributed by atoms with Crippen molar-refractivity contribution in [2.75, 3.05) is 0 Å². The van der Waals surface area contributed by atoms with Crippen molar-refractivity contribution >= 4 is 33.3 Å². The summed E-state index contributed by atoms with van der Waals surface area (Å²) in [6.07, 6.45) is 8.11. The number of H-pyrrole nitrogens is 1. The van der Waals surface area contributed by atoms with E-state index in [0.717, 1.165) is 33.3 Å². The Labute approximate surface area is 152 Å². The number of aryl methyl sites for hydroxylation is 1. The molecule has 5 heterocycles. The predicted octanol–water partition coefficient (Wildman–Crippen LogP) is 4.35. The van der Waals surface area contributed by atoms with Crippen molar-refractivity contribution in [3.63, 3.8) is 0 Å². The van der Waals surface area contributed by atoms with Gasteiger partial charge in [-0.3, -0.25) is 4.68 Å². The molecule has 0 amide bonds. The Morgan fingerprint density at radius 3 is 3.08 bits per heavy atom. The first kappa shape index (κ1) is 14.9. The molecule has 126 valence electrons. The van der Waals surface area contributed by atoms with Crippen LogP contribution >= 0.6 is 11.3 Å². The molecule has 0 atom stereocenters. The molecule has 26 heavy (non-hydrogen) atoms. The smallest absolute Gasteiger partial charge is 0.139 e. The number of fused-ring (bicyclic) bond motifs is 3. The van der Waals surface area contributed by atoms with Crippen LogP contribution in [-0.2, 0) is 6.54 Å². The zero-order valence-electron chi connectivity index (χ0n) is 13.8. The van der Waals surface area contributed by atoms with Crippen LogP contribution in [0.2, 0.25) is 0 Å². The number of thiophene rings is 1. The second kappa shape index (κ2) is 5.86. The summed E-state index contributed by atoms with van der Waals surface area (Å²) in [5.74, 6) is 0. The maximum absolute atomic E-state index is 8.82. The molecule has 5 rings (SSSR count). The Hall–Kier alpha value is -3.37. The van der Waals surface area contributed by atoms with Crippen molar-refractivity contribution in [2.45, 2.75) is 13.0 Å². The van der Waals surface area contributed by atoms with Crippen molar-refractivity contribution in [2.24, 2.45) is 0 Å². The second-order valence-corrected chi connectivity index (χ2v) is 6.96. The third-order valence-corrected chi connectivity index (χ3v) is 5.34. The van der Waals surface area contributed by atoms with Crippen molar-refractivity contribution in [1.29, 1.82) is 5.26 Å². The van der Waals surface area contributed by atoms with Gasteiger partial charge in [0.15, 0.2) is 0 Å². The second-order valence-electron chi connectivity index (χ2n) is 6.01. The lowest BCUT2D eigenvalue weighted by atomic mass is 10.2. The molecular formula is C19H14N6S. The number of nitrogens with zero attached hydrogens (tertiary/aromatic N) is 5. The summed E-state index contributed by atoms with van der Waals surface area (Å²) in [5.41, 5.74) is 4.08. The van der Waals surface area contributed by atoms with Gasteiger partial charge in [-0.1, -0.05) is 6.07 Å². The standard InChI is InChI=1S/C19H14N6S/c20-5-2-7-24-12-14(11-23-24)25-16(17-3-1-8-26-17)9-13-10-22-19-15(18(13)25)4-6-21-19/h1,3-4,6,8-12H,2,7H2,(H,21,22). The average molecular weight is 358 g/mol. The van der Waals surface area contributed by atoms with E-state index in [1.54, 1.807) is 11.3 Å². The minimum Gasteiger partial charge on any atom is -0.346 e. The highest BCUT2D eigenvalue weighted by atomic mass is 32.1. The summed E-state index contributed by atoms with van der Waals surface area (Å²) < 4.78 is 4.05. The molecular weight excluding hydrogens is 344 g/mol. The van der Waals surface area contributed by atoms with Gasteiger partial charge in [-0.15, -0.1) is 11.3 Å². The monoisotopic (exact) mass is 358 g/mol. The van der Waals surface area contributed by atoms with Crippen LogP contribution in [0.3, 0.4) is 0 Å². The fourth-order valence-electron chi connectivity index (χ4n) is 3.33. The van der Waals surface area contributed by atoms with Crippen LogP contribution in [0.4, 0.5) is 0 Å². The van der Waals surface area contributed by atoms with Crippen LogP contribution in [0.1, 0.15) is 6.42 Å². The van der Waals surface area contributed by atoms with Crippen LogP contribution in [-0.4, -0.2) is 24.3 Å². The molecule has 5 aromatic heterocycles. The number of hydrogen-bond acceptors (Lipinski definition) is 4. The van der Waals surface area contributed by atoms with Crippen molar-refractivity contribution in [1.82, 2.24) is 24.3 Å². The number of aromatic amines is 1. The molecule has 0 saturated heterocycles. The molecule has 0 bridgehead atoms. The van der Waals surface area contributed by atoms with Gasteiger partial charge in [-0.05, 0) is 23.6 Å². The lowest BCUT2D eigenvalue weighted by molar-refractivity contribution is 0.627. The number of pyridine rings is 1. The van der Waals surface area contributed by atoms with Gasteiger partial charge in [0.2, 0.25) is 0 Å². The van der Waals surface area contributed by atoms with Crippen LogP contribution in [0.5, 0.6) is 0 Å². The Kier molecular flexibility index (Phi) is 3.37. The van der Waals surface area contributed by atoms with Gasteiger partial charge in [0.1, 0.15) is 5.65 Å². The summed E-state index contributed by atoms with van der Waals surface area (Å²) in [6.45, 7) is 0.588. The minimum atomic E-state index is 0.442. The molecule has 0 aliphatic rings. The summed E-state index contributed by atoms with van der Waals surface area (Å²) in [5, 5.41) is 17.5. The fraction of sp³-hybridized carbons (Fsp3) is 0.105. The first-order valence-electron chi connectivity index (χ1n) is 8.26. The maximum Gasteiger partial charge on any atom is 0.139 e. The molecule has 0 radical (unpaired) electrons. The maximum atomic E-state index is 8.82. The lowest BCUT2D eigenvalue weighted by Gasteiger charge is -2.08. The van der Waals surface area contributed by atoms with Gasteiger partial charge in [-0.25, -0.2) is 4.98 Å². The molecule has 6 nitrogen and oxygen atoms in total. The summed E-state index contributed by atoms with van der Waals surface area (Å²) in [4.78, 5) is 8.90. The average Bonchev–Trinajstić information content (AvgIpc) is 3.44. The Morgan fingerprint density at radius 2 is 2.23 bits per heavy atom. The first-order valence-corrected chi connectivity index (χ1v) is 9.14. The number of hydrogen-bond donors (Lipinski definition) is 1. The highest BCUT2D eigenvalue weighted by Crippen LogP contribution is 2.36. The van der Waals surface area contributed by atoms with Crippen LogP contribution in [0, 0.1) is 11.3 Å². The van der Waals surface area contributed by atoms with Crippen molar-refractivity contribution < 1.29 is 0 Å². The Bertz CT molecular complexity index is 1250. The van der Waals surface area contributed by atoms with E-state index in [2.05, 4.69) is 55.3 Å². The third-order valence-electron chi connectivity index (χ3n) is 4.45. The Morgan fingerprint density at radius 1 is 1.27 bits per heavy atom. The predicted molar refractivity (Wildman–Crippen MR) is 102 cm³/mol. The van der Waals surface area contributed by atoms with E-state index in [0.29, 0.717) is 13.0 Å². The van der Waals surface area contributed by atoms with Gasteiger partial charge in [-0.2, -0.15) is 10.4 Å². The quantitative estimate of drug-likeness (QED) is 0.519. The van der Waals surface area contributed by atoms with Gasteiger partial charge in [0.25, 0.3) is 0 Å². The van der Waals surface area contributed by atoms with E-state index in [-0.39, 0.29) is 0 Å². The van der Waals surface area contributed by atoms with E-state index in [1.807, 2.05) is 29.5 Å². The molecule has 0 spiro atoms. The van der Waals surface area contributed by atoms with Gasteiger partial charge >= 0.3 is 0 Å². The molecule has 0 aliphatic carbocycles. The van der Waals surface area contributed by atoms with E-state index < -0.39 is 0 Å². The number of nitriles is 1. The molecule has 0 aromatic carbocycles. The highest BCUT2D eigenvalue weighted by Gasteiger charge is 2.17. The van der Waals surface area contributed by atoms with Crippen LogP contribution in [0.25, 0.3) is 38.2 Å². The zero-order chi connectivity index (χ0) is 17.5. The van der Waals surface area contributed by atoms with Gasteiger partial charge in [0, 0.05) is 29.4 Å². The van der Waals surface area contributed by atoms with Crippen molar-refractivity contribution in [3.8, 4) is 22.3 Å². The van der Waals surface area contributed by atoms with E-state index in [9.17, 15) is 0 Å². The van der Waals surface area contributed by atoms with E-state index >= 15 is 0 Å². The summed E-state index contributed by atoms with van der Waals surface area (Å²) in [7, 11) is 0. The third kappa shape index (κ3) is 2.24. The molecule has 0 fully saturated rings. The van der Waals surface area contributed by atoms with Crippen molar-refractivity contribution in [3.05, 3.63) is 54.4 Å². The largest absolute Gasteiger partial charge is 0.346 e. The van der Waals surface area contributed by atoms with E-state index in [1.165, 1.54) is 4.88 Å². The first-order chi connectivity index (χ1) is 12.8.